The van der Waals surface area contributed by atoms with Crippen LogP contribution >= 0.6 is 0 Å². The van der Waals surface area contributed by atoms with Crippen molar-refractivity contribution in [1.29, 1.82) is 0 Å². The molecule has 0 aromatic heterocycles. The van der Waals surface area contributed by atoms with E-state index in [0.29, 0.717) is 6.04 Å². The second kappa shape index (κ2) is 9.07. The standard InChI is InChI=1S/C30H29NO/c1-23-27(22-21-24-13-5-2-6-14-24)28-19-11-12-20-29(28)32-30(23,25-15-7-3-8-16-25)31-26-17-9-4-10-18-26/h2-3,5-8,11-16,19-20,26,31H,4,9-10,17-18H2,1H3/t30-/m0/s1. The van der Waals surface area contributed by atoms with E-state index in [1.54, 1.807) is 0 Å². The molecule has 1 aliphatic carbocycles. The first kappa shape index (κ1) is 20.6. The van der Waals surface area contributed by atoms with Crippen LogP contribution in [0, 0.1) is 11.8 Å². The van der Waals surface area contributed by atoms with Crippen molar-refractivity contribution in [3.63, 3.8) is 0 Å². The molecule has 2 heteroatoms. The molecule has 0 unspecified atom stereocenters. The highest BCUT2D eigenvalue weighted by Crippen LogP contribution is 2.45. The van der Waals surface area contributed by atoms with Crippen LogP contribution in [-0.4, -0.2) is 6.04 Å². The maximum atomic E-state index is 6.87. The molecule has 5 rings (SSSR count). The van der Waals surface area contributed by atoms with Crippen LogP contribution in [0.2, 0.25) is 0 Å². The normalized spacial score (nSPS) is 20.7. The van der Waals surface area contributed by atoms with Crippen molar-refractivity contribution in [2.75, 3.05) is 0 Å². The number of para-hydroxylation sites is 1. The maximum Gasteiger partial charge on any atom is 0.211 e. The van der Waals surface area contributed by atoms with Crippen LogP contribution in [0.15, 0.2) is 90.5 Å². The SMILES string of the molecule is CC1=C(C#Cc2ccccc2)c2ccccc2O[C@]1(NC1CCCCC1)c1ccccc1. The molecule has 1 N–H and O–H groups in total. The highest BCUT2D eigenvalue weighted by atomic mass is 16.5. The molecule has 3 aromatic carbocycles. The Hall–Kier alpha value is -3.28. The molecule has 1 aliphatic heterocycles. The fourth-order valence-corrected chi connectivity index (χ4v) is 4.90. The summed E-state index contributed by atoms with van der Waals surface area (Å²) in [5.74, 6) is 7.78. The molecule has 160 valence electrons. The summed E-state index contributed by atoms with van der Waals surface area (Å²) in [6.07, 6.45) is 6.21. The fourth-order valence-electron chi connectivity index (χ4n) is 4.90. The molecule has 0 saturated heterocycles. The summed E-state index contributed by atoms with van der Waals surface area (Å²) in [6.45, 7) is 2.17. The van der Waals surface area contributed by atoms with Gasteiger partial charge in [-0.1, -0.05) is 91.8 Å². The predicted molar refractivity (Wildman–Crippen MR) is 131 cm³/mol. The molecule has 2 nitrogen and oxygen atoms in total. The Kier molecular flexibility index (Phi) is 5.84. The topological polar surface area (TPSA) is 21.3 Å². The summed E-state index contributed by atoms with van der Waals surface area (Å²) in [5.41, 5.74) is 4.64. The van der Waals surface area contributed by atoms with Gasteiger partial charge in [-0.25, -0.2) is 0 Å². The molecule has 0 spiro atoms. The summed E-state index contributed by atoms with van der Waals surface area (Å²) in [5, 5.41) is 3.96. The van der Waals surface area contributed by atoms with Crippen molar-refractivity contribution in [1.82, 2.24) is 5.32 Å². The first-order valence-corrected chi connectivity index (χ1v) is 11.7. The van der Waals surface area contributed by atoms with E-state index in [9.17, 15) is 0 Å². The molecular weight excluding hydrogens is 390 g/mol. The van der Waals surface area contributed by atoms with Gasteiger partial charge in [0.05, 0.1) is 0 Å². The Balaban J connectivity index is 1.68. The third-order valence-corrected chi connectivity index (χ3v) is 6.62. The number of nitrogens with one attached hydrogen (secondary N) is 1. The van der Waals surface area contributed by atoms with E-state index in [-0.39, 0.29) is 0 Å². The maximum absolute atomic E-state index is 6.87. The summed E-state index contributed by atoms with van der Waals surface area (Å²) in [6, 6.07) is 29.5. The van der Waals surface area contributed by atoms with Gasteiger partial charge in [0.1, 0.15) is 5.75 Å². The van der Waals surface area contributed by atoms with Crippen LogP contribution < -0.4 is 10.1 Å². The molecule has 1 atom stereocenters. The smallest absolute Gasteiger partial charge is 0.211 e. The Morgan fingerprint density at radius 3 is 2.19 bits per heavy atom. The van der Waals surface area contributed by atoms with Crippen LogP contribution in [-0.2, 0) is 5.72 Å². The van der Waals surface area contributed by atoms with Crippen LogP contribution in [0.3, 0.4) is 0 Å². The van der Waals surface area contributed by atoms with Gasteiger partial charge in [-0.05, 0) is 44.0 Å². The van der Waals surface area contributed by atoms with Gasteiger partial charge in [0.2, 0.25) is 5.72 Å². The van der Waals surface area contributed by atoms with E-state index in [1.165, 1.54) is 32.1 Å². The van der Waals surface area contributed by atoms with Crippen molar-refractivity contribution in [2.45, 2.75) is 50.8 Å². The number of fused-ring (bicyclic) bond motifs is 1. The Morgan fingerprint density at radius 1 is 0.781 bits per heavy atom. The largest absolute Gasteiger partial charge is 0.464 e. The number of hydrogen-bond acceptors (Lipinski definition) is 2. The Morgan fingerprint density at radius 2 is 1.44 bits per heavy atom. The van der Waals surface area contributed by atoms with Gasteiger partial charge >= 0.3 is 0 Å². The molecule has 0 bridgehead atoms. The van der Waals surface area contributed by atoms with Gasteiger partial charge in [0.25, 0.3) is 0 Å². The van der Waals surface area contributed by atoms with Gasteiger partial charge < -0.3 is 4.74 Å². The molecule has 1 heterocycles. The summed E-state index contributed by atoms with van der Waals surface area (Å²) >= 11 is 0. The quantitative estimate of drug-likeness (QED) is 0.478. The molecule has 1 saturated carbocycles. The van der Waals surface area contributed by atoms with Crippen molar-refractivity contribution in [2.24, 2.45) is 0 Å². The van der Waals surface area contributed by atoms with Crippen LogP contribution in [0.1, 0.15) is 55.7 Å². The van der Waals surface area contributed by atoms with E-state index < -0.39 is 5.72 Å². The lowest BCUT2D eigenvalue weighted by molar-refractivity contribution is 0.0442. The lowest BCUT2D eigenvalue weighted by Crippen LogP contribution is -2.54. The van der Waals surface area contributed by atoms with Crippen molar-refractivity contribution in [3.8, 4) is 17.6 Å². The Bertz CT molecular complexity index is 1160. The zero-order valence-electron chi connectivity index (χ0n) is 18.6. The zero-order chi connectivity index (χ0) is 21.8. The predicted octanol–water partition coefficient (Wildman–Crippen LogP) is 6.68. The van der Waals surface area contributed by atoms with Gasteiger partial charge in [-0.15, -0.1) is 0 Å². The summed E-state index contributed by atoms with van der Waals surface area (Å²) in [4.78, 5) is 0. The zero-order valence-corrected chi connectivity index (χ0v) is 18.6. The summed E-state index contributed by atoms with van der Waals surface area (Å²) < 4.78 is 6.87. The first-order valence-electron chi connectivity index (χ1n) is 11.7. The van der Waals surface area contributed by atoms with E-state index >= 15 is 0 Å². The highest BCUT2D eigenvalue weighted by molar-refractivity contribution is 5.87. The number of hydrogen-bond donors (Lipinski definition) is 1. The van der Waals surface area contributed by atoms with Gasteiger partial charge in [-0.3, -0.25) is 5.32 Å². The first-order chi connectivity index (χ1) is 15.8. The van der Waals surface area contributed by atoms with Crippen LogP contribution in [0.5, 0.6) is 5.75 Å². The minimum atomic E-state index is -0.724. The van der Waals surface area contributed by atoms with E-state index in [4.69, 9.17) is 4.74 Å². The van der Waals surface area contributed by atoms with Gasteiger partial charge in [0, 0.05) is 33.9 Å². The fraction of sp³-hybridized carbons (Fsp3) is 0.267. The minimum Gasteiger partial charge on any atom is -0.464 e. The number of allylic oxidation sites excluding steroid dienone is 1. The molecule has 0 radical (unpaired) electrons. The molecule has 2 aliphatic rings. The second-order valence-corrected chi connectivity index (χ2v) is 8.74. The molecule has 1 fully saturated rings. The summed E-state index contributed by atoms with van der Waals surface area (Å²) in [7, 11) is 0. The second-order valence-electron chi connectivity index (χ2n) is 8.74. The van der Waals surface area contributed by atoms with Crippen LogP contribution in [0.4, 0.5) is 0 Å². The lowest BCUT2D eigenvalue weighted by atomic mass is 9.84. The average Bonchev–Trinajstić information content (AvgIpc) is 2.86. The number of rotatable bonds is 3. The monoisotopic (exact) mass is 419 g/mol. The van der Waals surface area contributed by atoms with Crippen molar-refractivity contribution >= 4 is 5.57 Å². The number of ether oxygens (including phenoxy) is 1. The van der Waals surface area contributed by atoms with Gasteiger partial charge in [0.15, 0.2) is 0 Å². The molecule has 3 aromatic rings. The number of benzene rings is 3. The third-order valence-electron chi connectivity index (χ3n) is 6.62. The van der Waals surface area contributed by atoms with E-state index in [0.717, 1.165) is 33.6 Å². The average molecular weight is 420 g/mol. The van der Waals surface area contributed by atoms with Crippen LogP contribution in [0.25, 0.3) is 5.57 Å². The molecular formula is C30H29NO. The lowest BCUT2D eigenvalue weighted by Gasteiger charge is -2.44. The van der Waals surface area contributed by atoms with Crippen molar-refractivity contribution in [3.05, 3.63) is 107 Å². The minimum absolute atomic E-state index is 0.424. The molecule has 32 heavy (non-hydrogen) atoms. The van der Waals surface area contributed by atoms with Crippen molar-refractivity contribution < 1.29 is 4.74 Å². The Labute approximate surface area is 191 Å². The highest BCUT2D eigenvalue weighted by Gasteiger charge is 2.43. The van der Waals surface area contributed by atoms with E-state index in [2.05, 4.69) is 84.7 Å². The third kappa shape index (κ3) is 3.97. The molecule has 0 amide bonds. The van der Waals surface area contributed by atoms with Gasteiger partial charge in [-0.2, -0.15) is 0 Å². The van der Waals surface area contributed by atoms with E-state index in [1.807, 2.05) is 24.3 Å².